The molecule has 0 saturated carbocycles. The van der Waals surface area contributed by atoms with Gasteiger partial charge in [-0.1, -0.05) is 13.8 Å². The van der Waals surface area contributed by atoms with E-state index < -0.39 is 0 Å². The molecular formula is C13H25N5O. The number of hydrazine groups is 1. The summed E-state index contributed by atoms with van der Waals surface area (Å²) in [5.74, 6) is 7.97. The number of nitrogen functional groups attached to an aromatic ring is 1. The fourth-order valence-electron chi connectivity index (χ4n) is 1.76. The summed E-state index contributed by atoms with van der Waals surface area (Å²) in [5, 5.41) is 12.2. The topological polar surface area (TPSA) is 96.1 Å². The molecule has 1 aromatic rings. The molecule has 0 saturated heterocycles. The predicted molar refractivity (Wildman–Crippen MR) is 77.8 cm³/mol. The lowest BCUT2D eigenvalue weighted by Gasteiger charge is -2.11. The third-order valence-corrected chi connectivity index (χ3v) is 2.89. The first-order valence-corrected chi connectivity index (χ1v) is 6.88. The van der Waals surface area contributed by atoms with Crippen molar-refractivity contribution in [1.82, 2.24) is 9.97 Å². The predicted octanol–water partition coefficient (Wildman–Crippen LogP) is 1.54. The lowest BCUT2D eigenvalue weighted by atomic mass is 10.1. The van der Waals surface area contributed by atoms with Crippen LogP contribution in [-0.2, 0) is 6.42 Å². The number of anilines is 2. The SMILES string of the molecule is CCCc1nc(NN)cc(NCCCC(C)CO)n1. The minimum absolute atomic E-state index is 0.245. The molecule has 0 amide bonds. The highest BCUT2D eigenvalue weighted by molar-refractivity contribution is 5.46. The minimum atomic E-state index is 0.245. The smallest absolute Gasteiger partial charge is 0.145 e. The lowest BCUT2D eigenvalue weighted by molar-refractivity contribution is 0.229. The third kappa shape index (κ3) is 5.85. The van der Waals surface area contributed by atoms with Crippen molar-refractivity contribution >= 4 is 11.6 Å². The van der Waals surface area contributed by atoms with Crippen LogP contribution in [-0.4, -0.2) is 28.2 Å². The number of aliphatic hydroxyl groups excluding tert-OH is 1. The second kappa shape index (κ2) is 8.66. The summed E-state index contributed by atoms with van der Waals surface area (Å²) < 4.78 is 0. The Balaban J connectivity index is 2.49. The number of nitrogens with one attached hydrogen (secondary N) is 2. The Morgan fingerprint density at radius 2 is 2.11 bits per heavy atom. The Kier molecular flexibility index (Phi) is 7.14. The van der Waals surface area contributed by atoms with E-state index in [1.165, 1.54) is 0 Å². The molecule has 1 aromatic heterocycles. The van der Waals surface area contributed by atoms with Crippen LogP contribution in [0.5, 0.6) is 0 Å². The molecule has 0 fully saturated rings. The zero-order valence-electron chi connectivity index (χ0n) is 11.8. The molecule has 0 radical (unpaired) electrons. The molecule has 0 aromatic carbocycles. The molecule has 0 aliphatic carbocycles. The lowest BCUT2D eigenvalue weighted by Crippen LogP contribution is -2.13. The summed E-state index contributed by atoms with van der Waals surface area (Å²) in [5.41, 5.74) is 2.56. The highest BCUT2D eigenvalue weighted by Gasteiger charge is 2.04. The molecule has 6 heteroatoms. The quantitative estimate of drug-likeness (QED) is 0.308. The summed E-state index contributed by atoms with van der Waals surface area (Å²) in [7, 11) is 0. The van der Waals surface area contributed by atoms with Crippen molar-refractivity contribution in [3.8, 4) is 0 Å². The molecular weight excluding hydrogens is 242 g/mol. The summed E-state index contributed by atoms with van der Waals surface area (Å²) >= 11 is 0. The van der Waals surface area contributed by atoms with Gasteiger partial charge in [-0.05, 0) is 25.2 Å². The van der Waals surface area contributed by atoms with E-state index in [-0.39, 0.29) is 6.61 Å². The van der Waals surface area contributed by atoms with E-state index in [0.29, 0.717) is 11.7 Å². The number of hydrogen-bond donors (Lipinski definition) is 4. The maximum Gasteiger partial charge on any atom is 0.145 e. The van der Waals surface area contributed by atoms with Crippen LogP contribution in [0.15, 0.2) is 6.07 Å². The normalized spacial score (nSPS) is 12.2. The molecule has 1 rings (SSSR count). The molecule has 0 aliphatic rings. The number of rotatable bonds is 9. The average Bonchev–Trinajstić information content (AvgIpc) is 2.43. The van der Waals surface area contributed by atoms with E-state index in [2.05, 4.69) is 27.6 Å². The summed E-state index contributed by atoms with van der Waals surface area (Å²) in [6.07, 6.45) is 3.84. The van der Waals surface area contributed by atoms with Crippen molar-refractivity contribution in [2.45, 2.75) is 39.5 Å². The van der Waals surface area contributed by atoms with E-state index in [1.54, 1.807) is 6.07 Å². The van der Waals surface area contributed by atoms with Crippen LogP contribution in [0.3, 0.4) is 0 Å². The van der Waals surface area contributed by atoms with Crippen molar-refractivity contribution in [1.29, 1.82) is 0 Å². The van der Waals surface area contributed by atoms with Crippen molar-refractivity contribution in [3.63, 3.8) is 0 Å². The van der Waals surface area contributed by atoms with E-state index in [9.17, 15) is 0 Å². The van der Waals surface area contributed by atoms with E-state index in [0.717, 1.165) is 43.9 Å². The Hall–Kier alpha value is -1.40. The second-order valence-electron chi connectivity index (χ2n) is 4.81. The third-order valence-electron chi connectivity index (χ3n) is 2.89. The first-order valence-electron chi connectivity index (χ1n) is 6.88. The van der Waals surface area contributed by atoms with Gasteiger partial charge in [0.05, 0.1) is 0 Å². The molecule has 108 valence electrons. The summed E-state index contributed by atoms with van der Waals surface area (Å²) in [6, 6.07) is 1.80. The Labute approximate surface area is 114 Å². The standard InChI is InChI=1S/C13H25N5O/c1-3-5-11-16-12(8-13(17-11)18-14)15-7-4-6-10(2)9-19/h8,10,19H,3-7,9,14H2,1-2H3,(H2,15,16,17,18). The van der Waals surface area contributed by atoms with Gasteiger partial charge in [0.1, 0.15) is 17.5 Å². The molecule has 1 atom stereocenters. The zero-order chi connectivity index (χ0) is 14.1. The van der Waals surface area contributed by atoms with Crippen LogP contribution < -0.4 is 16.6 Å². The number of aromatic nitrogens is 2. The van der Waals surface area contributed by atoms with Crippen molar-refractivity contribution in [2.24, 2.45) is 11.8 Å². The molecule has 1 heterocycles. The van der Waals surface area contributed by atoms with Gasteiger partial charge in [0, 0.05) is 25.6 Å². The Morgan fingerprint density at radius 1 is 1.37 bits per heavy atom. The largest absolute Gasteiger partial charge is 0.396 e. The van der Waals surface area contributed by atoms with Crippen molar-refractivity contribution < 1.29 is 5.11 Å². The molecule has 1 unspecified atom stereocenters. The van der Waals surface area contributed by atoms with E-state index in [4.69, 9.17) is 10.9 Å². The highest BCUT2D eigenvalue weighted by Crippen LogP contribution is 2.12. The van der Waals surface area contributed by atoms with E-state index in [1.807, 2.05) is 6.92 Å². The molecule has 6 nitrogen and oxygen atoms in total. The zero-order valence-corrected chi connectivity index (χ0v) is 11.8. The maximum absolute atomic E-state index is 8.95. The number of hydrogen-bond acceptors (Lipinski definition) is 6. The van der Waals surface area contributed by atoms with Gasteiger partial charge in [-0.2, -0.15) is 0 Å². The number of nitrogens with two attached hydrogens (primary N) is 1. The van der Waals surface area contributed by atoms with Crippen LogP contribution in [0.2, 0.25) is 0 Å². The minimum Gasteiger partial charge on any atom is -0.396 e. The molecule has 19 heavy (non-hydrogen) atoms. The van der Waals surface area contributed by atoms with Gasteiger partial charge >= 0.3 is 0 Å². The number of aryl methyl sites for hydroxylation is 1. The molecule has 0 bridgehead atoms. The first kappa shape index (κ1) is 15.7. The summed E-state index contributed by atoms with van der Waals surface area (Å²) in [4.78, 5) is 8.73. The number of aliphatic hydroxyl groups is 1. The van der Waals surface area contributed by atoms with Gasteiger partial charge in [0.2, 0.25) is 0 Å². The highest BCUT2D eigenvalue weighted by atomic mass is 16.3. The Morgan fingerprint density at radius 3 is 2.74 bits per heavy atom. The molecule has 5 N–H and O–H groups in total. The van der Waals surface area contributed by atoms with Gasteiger partial charge < -0.3 is 15.8 Å². The average molecular weight is 267 g/mol. The van der Waals surface area contributed by atoms with Gasteiger partial charge in [0.15, 0.2) is 0 Å². The van der Waals surface area contributed by atoms with Crippen molar-refractivity contribution in [2.75, 3.05) is 23.9 Å². The van der Waals surface area contributed by atoms with Crippen molar-refractivity contribution in [3.05, 3.63) is 11.9 Å². The Bertz CT molecular complexity index is 372. The van der Waals surface area contributed by atoms with Crippen LogP contribution in [0.1, 0.15) is 38.9 Å². The van der Waals surface area contributed by atoms with Gasteiger partial charge in [-0.25, -0.2) is 15.8 Å². The number of nitrogens with zero attached hydrogens (tertiary/aromatic N) is 2. The van der Waals surface area contributed by atoms with Crippen LogP contribution in [0.4, 0.5) is 11.6 Å². The fraction of sp³-hybridized carbons (Fsp3) is 0.692. The second-order valence-corrected chi connectivity index (χ2v) is 4.81. The molecule has 0 spiro atoms. The van der Waals surface area contributed by atoms with Crippen LogP contribution in [0.25, 0.3) is 0 Å². The first-order chi connectivity index (χ1) is 9.19. The molecule has 0 aliphatic heterocycles. The van der Waals surface area contributed by atoms with Gasteiger partial charge in [0.25, 0.3) is 0 Å². The monoisotopic (exact) mass is 267 g/mol. The summed E-state index contributed by atoms with van der Waals surface area (Å²) in [6.45, 7) is 5.21. The maximum atomic E-state index is 8.95. The van der Waals surface area contributed by atoms with Gasteiger partial charge in [-0.15, -0.1) is 0 Å². The van der Waals surface area contributed by atoms with E-state index >= 15 is 0 Å². The van der Waals surface area contributed by atoms with Gasteiger partial charge in [-0.3, -0.25) is 0 Å². The van der Waals surface area contributed by atoms with Crippen LogP contribution in [0, 0.1) is 5.92 Å². The van der Waals surface area contributed by atoms with Crippen LogP contribution >= 0.6 is 0 Å². The fourth-order valence-corrected chi connectivity index (χ4v) is 1.76.